The van der Waals surface area contributed by atoms with E-state index >= 15 is 0 Å². The second-order valence-electron chi connectivity index (χ2n) is 5.28. The molecule has 98 valence electrons. The fourth-order valence-electron chi connectivity index (χ4n) is 2.31. The van der Waals surface area contributed by atoms with Gasteiger partial charge in [0, 0.05) is 12.8 Å². The molecule has 0 saturated carbocycles. The lowest BCUT2D eigenvalue weighted by molar-refractivity contribution is -0.142. The molecule has 2 N–H and O–H groups in total. The first-order valence-corrected chi connectivity index (χ1v) is 6.06. The van der Waals surface area contributed by atoms with E-state index in [-0.39, 0.29) is 5.60 Å². The van der Waals surface area contributed by atoms with Crippen LogP contribution in [-0.2, 0) is 22.4 Å². The number of para-hydroxylation sites is 1. The van der Waals surface area contributed by atoms with Crippen molar-refractivity contribution in [3.63, 3.8) is 0 Å². The minimum atomic E-state index is -0.645. The van der Waals surface area contributed by atoms with Crippen LogP contribution < -0.4 is 10.5 Å². The second-order valence-corrected chi connectivity index (χ2v) is 5.28. The summed E-state index contributed by atoms with van der Waals surface area (Å²) in [5.74, 6) is 0.478. The van der Waals surface area contributed by atoms with Crippen molar-refractivity contribution < 1.29 is 14.3 Å². The fourth-order valence-corrected chi connectivity index (χ4v) is 2.31. The first-order chi connectivity index (χ1) is 8.43. The van der Waals surface area contributed by atoms with Gasteiger partial charge >= 0.3 is 5.97 Å². The Morgan fingerprint density at radius 3 is 2.94 bits per heavy atom. The van der Waals surface area contributed by atoms with Gasteiger partial charge in [-0.2, -0.15) is 0 Å². The largest absolute Gasteiger partial charge is 0.487 e. The van der Waals surface area contributed by atoms with Crippen molar-refractivity contribution in [2.45, 2.75) is 38.3 Å². The zero-order valence-corrected chi connectivity index (χ0v) is 11.0. The molecule has 1 aromatic rings. The number of esters is 1. The van der Waals surface area contributed by atoms with E-state index in [1.165, 1.54) is 12.7 Å². The molecule has 0 bridgehead atoms. The predicted molar refractivity (Wildman–Crippen MR) is 68.5 cm³/mol. The lowest BCUT2D eigenvalue weighted by Gasteiger charge is -2.19. The first-order valence-electron chi connectivity index (χ1n) is 6.06. The van der Waals surface area contributed by atoms with Crippen molar-refractivity contribution in [2.75, 3.05) is 7.11 Å². The molecule has 0 aromatic heterocycles. The number of rotatable bonds is 3. The third-order valence-corrected chi connectivity index (χ3v) is 3.12. The van der Waals surface area contributed by atoms with E-state index in [0.29, 0.717) is 6.42 Å². The van der Waals surface area contributed by atoms with Crippen LogP contribution in [0.3, 0.4) is 0 Å². The van der Waals surface area contributed by atoms with Crippen LogP contribution in [0.2, 0.25) is 0 Å². The Hall–Kier alpha value is -1.55. The molecule has 0 amide bonds. The van der Waals surface area contributed by atoms with Crippen LogP contribution in [0.5, 0.6) is 5.75 Å². The van der Waals surface area contributed by atoms with Gasteiger partial charge in [-0.25, -0.2) is 0 Å². The van der Waals surface area contributed by atoms with Crippen LogP contribution in [0.25, 0.3) is 0 Å². The van der Waals surface area contributed by atoms with Crippen molar-refractivity contribution in [1.29, 1.82) is 0 Å². The molecule has 0 fully saturated rings. The highest BCUT2D eigenvalue weighted by molar-refractivity contribution is 5.76. The van der Waals surface area contributed by atoms with Gasteiger partial charge in [0.05, 0.1) is 7.11 Å². The zero-order valence-electron chi connectivity index (χ0n) is 11.0. The van der Waals surface area contributed by atoms with Crippen molar-refractivity contribution in [2.24, 2.45) is 5.73 Å². The van der Waals surface area contributed by atoms with E-state index in [4.69, 9.17) is 10.5 Å². The SMILES string of the molecule is COC(=O)C(N)Cc1cccc2c1OC(C)(C)C2. The summed E-state index contributed by atoms with van der Waals surface area (Å²) in [6.45, 7) is 4.11. The Morgan fingerprint density at radius 2 is 2.28 bits per heavy atom. The maximum Gasteiger partial charge on any atom is 0.322 e. The first kappa shape index (κ1) is 12.9. The van der Waals surface area contributed by atoms with E-state index in [1.54, 1.807) is 0 Å². The van der Waals surface area contributed by atoms with Crippen LogP contribution in [0.1, 0.15) is 25.0 Å². The van der Waals surface area contributed by atoms with Crippen molar-refractivity contribution in [1.82, 2.24) is 0 Å². The maximum absolute atomic E-state index is 11.4. The van der Waals surface area contributed by atoms with Gasteiger partial charge in [0.15, 0.2) is 0 Å². The van der Waals surface area contributed by atoms with E-state index < -0.39 is 12.0 Å². The summed E-state index contributed by atoms with van der Waals surface area (Å²) >= 11 is 0. The number of fused-ring (bicyclic) bond motifs is 1. The van der Waals surface area contributed by atoms with Crippen LogP contribution in [0.4, 0.5) is 0 Å². The Labute approximate surface area is 107 Å². The molecule has 1 atom stereocenters. The fraction of sp³-hybridized carbons (Fsp3) is 0.500. The van der Waals surface area contributed by atoms with Gasteiger partial charge < -0.3 is 15.2 Å². The molecule has 1 aliphatic heterocycles. The Morgan fingerprint density at radius 1 is 1.56 bits per heavy atom. The summed E-state index contributed by atoms with van der Waals surface area (Å²) in [6.07, 6.45) is 1.32. The summed E-state index contributed by atoms with van der Waals surface area (Å²) in [7, 11) is 1.34. The van der Waals surface area contributed by atoms with E-state index in [0.717, 1.165) is 17.7 Å². The second kappa shape index (κ2) is 4.61. The molecule has 18 heavy (non-hydrogen) atoms. The Kier molecular flexibility index (Phi) is 3.30. The minimum absolute atomic E-state index is 0.187. The highest BCUT2D eigenvalue weighted by atomic mass is 16.5. The third-order valence-electron chi connectivity index (χ3n) is 3.12. The van der Waals surface area contributed by atoms with E-state index in [2.05, 4.69) is 24.7 Å². The molecule has 1 heterocycles. The van der Waals surface area contributed by atoms with Gasteiger partial charge in [0.2, 0.25) is 0 Å². The van der Waals surface area contributed by atoms with Gasteiger partial charge in [-0.1, -0.05) is 18.2 Å². The number of carbonyl (C=O) groups excluding carboxylic acids is 1. The molecule has 1 unspecified atom stereocenters. The van der Waals surface area contributed by atoms with Crippen molar-refractivity contribution in [3.05, 3.63) is 29.3 Å². The maximum atomic E-state index is 11.4. The van der Waals surface area contributed by atoms with Crippen LogP contribution >= 0.6 is 0 Å². The summed E-state index contributed by atoms with van der Waals surface area (Å²) in [6, 6.07) is 5.33. The standard InChI is InChI=1S/C14H19NO3/c1-14(2)8-10-6-4-5-9(12(10)18-14)7-11(15)13(16)17-3/h4-6,11H,7-8,15H2,1-3H3. The van der Waals surface area contributed by atoms with Gasteiger partial charge in [-0.15, -0.1) is 0 Å². The number of ether oxygens (including phenoxy) is 2. The average molecular weight is 249 g/mol. The van der Waals surface area contributed by atoms with Gasteiger partial charge in [0.25, 0.3) is 0 Å². The number of methoxy groups -OCH3 is 1. The molecule has 4 heteroatoms. The summed E-state index contributed by atoms with van der Waals surface area (Å²) in [5, 5.41) is 0. The molecule has 4 nitrogen and oxygen atoms in total. The number of benzene rings is 1. The molecule has 0 saturated heterocycles. The summed E-state index contributed by atoms with van der Waals surface area (Å²) < 4.78 is 10.6. The highest BCUT2D eigenvalue weighted by Crippen LogP contribution is 2.37. The lowest BCUT2D eigenvalue weighted by atomic mass is 9.98. The highest BCUT2D eigenvalue weighted by Gasteiger charge is 2.32. The summed E-state index contributed by atoms with van der Waals surface area (Å²) in [5.41, 5.74) is 7.75. The molecular formula is C14H19NO3. The molecule has 2 rings (SSSR count). The van der Waals surface area contributed by atoms with Crippen LogP contribution in [-0.4, -0.2) is 24.7 Å². The number of hydrogen-bond donors (Lipinski definition) is 1. The van der Waals surface area contributed by atoms with Gasteiger partial charge in [0.1, 0.15) is 17.4 Å². The van der Waals surface area contributed by atoms with Crippen molar-refractivity contribution >= 4 is 5.97 Å². The van der Waals surface area contributed by atoms with Crippen molar-refractivity contribution in [3.8, 4) is 5.75 Å². The summed E-state index contributed by atoms with van der Waals surface area (Å²) in [4.78, 5) is 11.4. The minimum Gasteiger partial charge on any atom is -0.487 e. The molecule has 1 aromatic carbocycles. The number of hydrogen-bond acceptors (Lipinski definition) is 4. The molecule has 0 spiro atoms. The Balaban J connectivity index is 2.22. The van der Waals surface area contributed by atoms with E-state index in [1.807, 2.05) is 12.1 Å². The third kappa shape index (κ3) is 2.48. The monoisotopic (exact) mass is 249 g/mol. The number of carbonyl (C=O) groups is 1. The predicted octanol–water partition coefficient (Wildman–Crippen LogP) is 1.44. The number of nitrogens with two attached hydrogens (primary N) is 1. The smallest absolute Gasteiger partial charge is 0.322 e. The van der Waals surface area contributed by atoms with Gasteiger partial charge in [-0.3, -0.25) is 4.79 Å². The average Bonchev–Trinajstić information content (AvgIpc) is 2.63. The zero-order chi connectivity index (χ0) is 13.3. The Bertz CT molecular complexity index is 468. The quantitative estimate of drug-likeness (QED) is 0.823. The van der Waals surface area contributed by atoms with Gasteiger partial charge in [-0.05, 0) is 25.0 Å². The molecular weight excluding hydrogens is 230 g/mol. The van der Waals surface area contributed by atoms with Crippen LogP contribution in [0, 0.1) is 0 Å². The van der Waals surface area contributed by atoms with Crippen LogP contribution in [0.15, 0.2) is 18.2 Å². The molecule has 1 aliphatic rings. The van der Waals surface area contributed by atoms with E-state index in [9.17, 15) is 4.79 Å². The topological polar surface area (TPSA) is 61.5 Å². The molecule has 0 radical (unpaired) electrons. The molecule has 0 aliphatic carbocycles. The lowest BCUT2D eigenvalue weighted by Crippen LogP contribution is -2.33. The normalized spacial score (nSPS) is 17.8.